The van der Waals surface area contributed by atoms with Crippen molar-refractivity contribution in [2.75, 3.05) is 56.7 Å². The number of hydrogen-bond acceptors (Lipinski definition) is 9. The van der Waals surface area contributed by atoms with Gasteiger partial charge in [-0.15, -0.1) is 0 Å². The van der Waals surface area contributed by atoms with Gasteiger partial charge in [-0.1, -0.05) is 12.1 Å². The maximum atomic E-state index is 12.7. The topological polar surface area (TPSA) is 144 Å². The van der Waals surface area contributed by atoms with E-state index in [1.807, 2.05) is 28.9 Å². The van der Waals surface area contributed by atoms with Gasteiger partial charge in [0.15, 0.2) is 11.8 Å². The van der Waals surface area contributed by atoms with Crippen molar-refractivity contribution in [3.63, 3.8) is 0 Å². The number of rotatable bonds is 6. The van der Waals surface area contributed by atoms with Gasteiger partial charge in [-0.2, -0.15) is 10.1 Å². The number of urea groups is 1. The molecule has 2 aromatic heterocycles. The fraction of sp³-hybridized carbons (Fsp3) is 0.481. The molecule has 2 N–H and O–H groups in total. The highest BCUT2D eigenvalue weighted by molar-refractivity contribution is 5.93. The van der Waals surface area contributed by atoms with Crippen molar-refractivity contribution >= 4 is 40.6 Å². The van der Waals surface area contributed by atoms with Crippen molar-refractivity contribution in [3.8, 4) is 11.3 Å². The second-order valence-electron chi connectivity index (χ2n) is 9.89. The van der Waals surface area contributed by atoms with Crippen LogP contribution in [0.3, 0.4) is 0 Å². The summed E-state index contributed by atoms with van der Waals surface area (Å²) in [4.78, 5) is 49.5. The zero-order valence-corrected chi connectivity index (χ0v) is 22.9. The fourth-order valence-corrected chi connectivity index (χ4v) is 5.10. The summed E-state index contributed by atoms with van der Waals surface area (Å²) in [5.74, 6) is -0.0434. The van der Waals surface area contributed by atoms with Gasteiger partial charge < -0.3 is 29.9 Å². The number of carbonyl (C=O) groups is 3. The van der Waals surface area contributed by atoms with E-state index in [2.05, 4.69) is 15.5 Å². The number of anilines is 2. The normalized spacial score (nSPS) is 17.0. The minimum Gasteiger partial charge on any atom is -0.453 e. The molecular formula is C27H34N8O5. The highest BCUT2D eigenvalue weighted by atomic mass is 16.5. The number of nitrogens with one attached hydrogen (secondary N) is 2. The molecule has 1 aromatic carbocycles. The molecule has 2 saturated heterocycles. The Morgan fingerprint density at radius 3 is 2.40 bits per heavy atom. The number of fused-ring (bicyclic) bond motifs is 1. The van der Waals surface area contributed by atoms with Crippen LogP contribution in [-0.4, -0.2) is 95.1 Å². The van der Waals surface area contributed by atoms with Crippen molar-refractivity contribution in [1.29, 1.82) is 0 Å². The largest absolute Gasteiger partial charge is 0.453 e. The van der Waals surface area contributed by atoms with Crippen LogP contribution in [0.2, 0.25) is 0 Å². The minimum absolute atomic E-state index is 0.0463. The molecule has 212 valence electrons. The number of morpholine rings is 1. The molecule has 3 amide bonds. The average Bonchev–Trinajstić information content (AvgIpc) is 3.41. The van der Waals surface area contributed by atoms with Gasteiger partial charge in [0.2, 0.25) is 5.95 Å². The number of likely N-dealkylation sites (tertiary alicyclic amines) is 1. The van der Waals surface area contributed by atoms with Gasteiger partial charge in [0.05, 0.1) is 36.5 Å². The number of carbonyl (C=O) groups excluding carboxylic acids is 3. The van der Waals surface area contributed by atoms with Crippen molar-refractivity contribution in [1.82, 2.24) is 30.0 Å². The standard InChI is InChI=1S/C27H34N8O5/c1-17(40-18(2)36)25(37)33-10-8-21(9-11-33)35-24-22(16-29-35)23(31-26(32-24)34-12-14-39-15-13-34)19-4-6-20(7-5-19)30-27(38)28-3/h4-7,16-17,21H,8-15H2,1-3H3,(H2,28,30,38)/t17-/m0/s1. The van der Waals surface area contributed by atoms with Crippen LogP contribution in [0.15, 0.2) is 30.5 Å². The Hall–Kier alpha value is -4.26. The summed E-state index contributed by atoms with van der Waals surface area (Å²) in [5.41, 5.74) is 3.04. The Kier molecular flexibility index (Phi) is 8.10. The van der Waals surface area contributed by atoms with E-state index in [9.17, 15) is 14.4 Å². The predicted octanol–water partition coefficient (Wildman–Crippen LogP) is 2.20. The van der Waals surface area contributed by atoms with Crippen molar-refractivity contribution in [2.24, 2.45) is 0 Å². The number of nitrogens with zero attached hydrogens (tertiary/aromatic N) is 6. The molecule has 3 aromatic rings. The molecule has 0 radical (unpaired) electrons. The molecule has 13 heteroatoms. The van der Waals surface area contributed by atoms with Crippen LogP contribution in [0.1, 0.15) is 32.7 Å². The first kappa shape index (κ1) is 27.3. The fourth-order valence-electron chi connectivity index (χ4n) is 5.10. The molecule has 0 bridgehead atoms. The van der Waals surface area contributed by atoms with E-state index in [4.69, 9.17) is 24.5 Å². The second kappa shape index (κ2) is 11.9. The summed E-state index contributed by atoms with van der Waals surface area (Å²) in [5, 5.41) is 10.9. The van der Waals surface area contributed by atoms with Crippen LogP contribution in [0, 0.1) is 0 Å². The third-order valence-electron chi connectivity index (χ3n) is 7.19. The summed E-state index contributed by atoms with van der Waals surface area (Å²) in [6.07, 6.45) is 2.39. The number of benzene rings is 1. The molecule has 1 atom stereocenters. The van der Waals surface area contributed by atoms with Crippen LogP contribution in [-0.2, 0) is 19.1 Å². The minimum atomic E-state index is -0.802. The molecule has 2 fully saturated rings. The van der Waals surface area contributed by atoms with E-state index in [-0.39, 0.29) is 18.0 Å². The van der Waals surface area contributed by atoms with E-state index >= 15 is 0 Å². The Morgan fingerprint density at radius 1 is 1.05 bits per heavy atom. The van der Waals surface area contributed by atoms with Crippen LogP contribution >= 0.6 is 0 Å². The number of esters is 1. The monoisotopic (exact) mass is 550 g/mol. The average molecular weight is 551 g/mol. The van der Waals surface area contributed by atoms with Gasteiger partial charge >= 0.3 is 12.0 Å². The summed E-state index contributed by atoms with van der Waals surface area (Å²) >= 11 is 0. The smallest absolute Gasteiger partial charge is 0.318 e. The van der Waals surface area contributed by atoms with Crippen molar-refractivity contribution in [3.05, 3.63) is 30.5 Å². The lowest BCUT2D eigenvalue weighted by Gasteiger charge is -2.33. The molecule has 2 aliphatic heterocycles. The number of ether oxygens (including phenoxy) is 2. The Balaban J connectivity index is 1.43. The maximum Gasteiger partial charge on any atom is 0.318 e. The van der Waals surface area contributed by atoms with E-state index in [0.29, 0.717) is 63.9 Å². The lowest BCUT2D eigenvalue weighted by atomic mass is 10.0. The molecule has 4 heterocycles. The number of aromatic nitrogens is 4. The molecule has 5 rings (SSSR count). The second-order valence-corrected chi connectivity index (χ2v) is 9.89. The third kappa shape index (κ3) is 5.83. The molecule has 0 aliphatic carbocycles. The van der Waals surface area contributed by atoms with Crippen molar-refractivity contribution in [2.45, 2.75) is 38.8 Å². The van der Waals surface area contributed by atoms with Crippen LogP contribution in [0.4, 0.5) is 16.4 Å². The first-order chi connectivity index (χ1) is 19.3. The first-order valence-electron chi connectivity index (χ1n) is 13.5. The molecule has 0 unspecified atom stereocenters. The highest BCUT2D eigenvalue weighted by Gasteiger charge is 2.30. The quantitative estimate of drug-likeness (QED) is 0.441. The Bertz CT molecular complexity index is 1380. The predicted molar refractivity (Wildman–Crippen MR) is 148 cm³/mol. The number of hydrogen-bond donors (Lipinski definition) is 2. The van der Waals surface area contributed by atoms with Gasteiger partial charge in [0.1, 0.15) is 0 Å². The van der Waals surface area contributed by atoms with E-state index in [1.54, 1.807) is 25.1 Å². The molecule has 40 heavy (non-hydrogen) atoms. The van der Waals surface area contributed by atoms with Gasteiger partial charge in [0.25, 0.3) is 5.91 Å². The Labute approximate surface area is 231 Å². The molecule has 13 nitrogen and oxygen atoms in total. The third-order valence-corrected chi connectivity index (χ3v) is 7.19. The SMILES string of the molecule is CNC(=O)Nc1ccc(-c2nc(N3CCOCC3)nc3c2cnn3C2CCN(C(=O)[C@H](C)OC(C)=O)CC2)cc1. The summed E-state index contributed by atoms with van der Waals surface area (Å²) in [7, 11) is 1.57. The zero-order chi connectivity index (χ0) is 28.2. The van der Waals surface area contributed by atoms with E-state index in [0.717, 1.165) is 22.3 Å². The lowest BCUT2D eigenvalue weighted by molar-refractivity contribution is -0.158. The first-order valence-corrected chi connectivity index (χ1v) is 13.5. The zero-order valence-electron chi connectivity index (χ0n) is 22.9. The Morgan fingerprint density at radius 2 is 1.75 bits per heavy atom. The highest BCUT2D eigenvalue weighted by Crippen LogP contribution is 2.33. The number of amides is 3. The van der Waals surface area contributed by atoms with Gasteiger partial charge in [-0.05, 0) is 31.9 Å². The maximum absolute atomic E-state index is 12.7. The number of piperidine rings is 1. The van der Waals surface area contributed by atoms with Crippen molar-refractivity contribution < 1.29 is 23.9 Å². The van der Waals surface area contributed by atoms with Gasteiger partial charge in [-0.25, -0.2) is 14.5 Å². The van der Waals surface area contributed by atoms with Crippen LogP contribution in [0.25, 0.3) is 22.3 Å². The summed E-state index contributed by atoms with van der Waals surface area (Å²) in [6.45, 7) is 6.56. The molecule has 0 spiro atoms. The van der Waals surface area contributed by atoms with E-state index < -0.39 is 12.1 Å². The van der Waals surface area contributed by atoms with E-state index in [1.165, 1.54) is 6.92 Å². The summed E-state index contributed by atoms with van der Waals surface area (Å²) in [6, 6.07) is 7.26. The lowest BCUT2D eigenvalue weighted by Crippen LogP contribution is -2.44. The van der Waals surface area contributed by atoms with Gasteiger partial charge in [0, 0.05) is 51.4 Å². The summed E-state index contributed by atoms with van der Waals surface area (Å²) < 4.78 is 12.6. The molecule has 0 saturated carbocycles. The van der Waals surface area contributed by atoms with Crippen LogP contribution < -0.4 is 15.5 Å². The van der Waals surface area contributed by atoms with Crippen LogP contribution in [0.5, 0.6) is 0 Å². The van der Waals surface area contributed by atoms with Gasteiger partial charge in [-0.3, -0.25) is 9.59 Å². The molecule has 2 aliphatic rings. The molecular weight excluding hydrogens is 516 g/mol.